The highest BCUT2D eigenvalue weighted by atomic mass is 35.5. The number of nitrogens with one attached hydrogen (secondary N) is 1. The number of rotatable bonds is 5. The van der Waals surface area contributed by atoms with Gasteiger partial charge < -0.3 is 9.73 Å². The maximum Gasteiger partial charge on any atom is 0.248 e. The lowest BCUT2D eigenvalue weighted by Gasteiger charge is -2.03. The molecule has 5 aromatic rings. The molecule has 0 aliphatic heterocycles. The van der Waals surface area contributed by atoms with E-state index in [1.54, 1.807) is 23.0 Å². The minimum Gasteiger partial charge on any atom is -0.457 e. The minimum atomic E-state index is -0.267. The van der Waals surface area contributed by atoms with Crippen molar-refractivity contribution >= 4 is 45.6 Å². The third-order valence-corrected chi connectivity index (χ3v) is 6.12. The van der Waals surface area contributed by atoms with Crippen molar-refractivity contribution in [2.75, 3.05) is 5.32 Å². The first kappa shape index (κ1) is 20.2. The van der Waals surface area contributed by atoms with Crippen molar-refractivity contribution in [2.45, 2.75) is 6.92 Å². The Hall–Kier alpha value is -3.75. The van der Waals surface area contributed by atoms with Gasteiger partial charge in [-0.05, 0) is 48.9 Å². The number of carbonyl (C=O) groups excluding carboxylic acids is 1. The van der Waals surface area contributed by atoms with E-state index in [0.717, 1.165) is 21.7 Å². The van der Waals surface area contributed by atoms with Crippen molar-refractivity contribution in [1.29, 1.82) is 0 Å². The lowest BCUT2D eigenvalue weighted by Crippen LogP contribution is -2.07. The second-order valence-corrected chi connectivity index (χ2v) is 8.40. The summed E-state index contributed by atoms with van der Waals surface area (Å²) in [6.07, 6.45) is 4.61. The van der Waals surface area contributed by atoms with Crippen molar-refractivity contribution < 1.29 is 9.21 Å². The largest absolute Gasteiger partial charge is 0.457 e. The number of aromatic nitrogens is 4. The van der Waals surface area contributed by atoms with Crippen LogP contribution >= 0.6 is 22.9 Å². The Bertz CT molecular complexity index is 1440. The topological polar surface area (TPSA) is 85.3 Å². The van der Waals surface area contributed by atoms with E-state index in [-0.39, 0.29) is 5.91 Å². The van der Waals surface area contributed by atoms with Crippen LogP contribution in [0.2, 0.25) is 5.02 Å². The zero-order chi connectivity index (χ0) is 22.1. The van der Waals surface area contributed by atoms with Crippen LogP contribution in [0.1, 0.15) is 11.3 Å². The van der Waals surface area contributed by atoms with Crippen molar-refractivity contribution in [3.05, 3.63) is 83.3 Å². The Morgan fingerprint density at radius 3 is 2.91 bits per heavy atom. The van der Waals surface area contributed by atoms with Crippen molar-refractivity contribution in [3.8, 4) is 21.9 Å². The van der Waals surface area contributed by atoms with Crippen LogP contribution in [0.15, 0.2) is 71.4 Å². The van der Waals surface area contributed by atoms with E-state index in [1.165, 1.54) is 17.4 Å². The van der Waals surface area contributed by atoms with Crippen LogP contribution in [0.4, 0.5) is 5.69 Å². The number of carbonyl (C=O) groups is 1. The molecule has 0 aliphatic carbocycles. The number of hydrogen-bond donors (Lipinski definition) is 1. The van der Waals surface area contributed by atoms with Gasteiger partial charge in [-0.2, -0.15) is 9.61 Å². The summed E-state index contributed by atoms with van der Waals surface area (Å²) in [4.78, 5) is 13.1. The smallest absolute Gasteiger partial charge is 0.248 e. The standard InChI is InChI=1S/C23H16ClN5O2S/c1-14-5-6-15(12-19(14)24)20-9-7-18(31-20)8-10-21(30)26-17-4-2-3-16(11-17)22-28-29-13-25-27-23(29)32-22/h2-13H,1H3,(H,26,30)/b10-8+. The second kappa shape index (κ2) is 8.41. The average Bonchev–Trinajstić information content (AvgIpc) is 3.51. The quantitative estimate of drug-likeness (QED) is 0.338. The van der Waals surface area contributed by atoms with Gasteiger partial charge in [-0.3, -0.25) is 4.79 Å². The molecule has 0 aliphatic rings. The number of amides is 1. The van der Waals surface area contributed by atoms with E-state index in [9.17, 15) is 4.79 Å². The van der Waals surface area contributed by atoms with E-state index in [4.69, 9.17) is 16.0 Å². The molecular formula is C23H16ClN5O2S. The summed E-state index contributed by atoms with van der Waals surface area (Å²) in [5.41, 5.74) is 3.43. The Kier molecular flexibility index (Phi) is 5.30. The van der Waals surface area contributed by atoms with Crippen LogP contribution in [-0.2, 0) is 4.79 Å². The fourth-order valence-electron chi connectivity index (χ4n) is 3.09. The third-order valence-electron chi connectivity index (χ3n) is 4.75. The molecule has 7 nitrogen and oxygen atoms in total. The van der Waals surface area contributed by atoms with Crippen LogP contribution in [0.5, 0.6) is 0 Å². The lowest BCUT2D eigenvalue weighted by atomic mass is 10.1. The van der Waals surface area contributed by atoms with Gasteiger partial charge in [0.2, 0.25) is 10.9 Å². The second-order valence-electron chi connectivity index (χ2n) is 7.03. The molecule has 3 aromatic heterocycles. The maximum atomic E-state index is 12.4. The molecule has 3 heterocycles. The van der Waals surface area contributed by atoms with E-state index in [0.29, 0.717) is 27.2 Å². The molecule has 0 unspecified atom stereocenters. The number of fused-ring (bicyclic) bond motifs is 1. The van der Waals surface area contributed by atoms with Gasteiger partial charge in [-0.25, -0.2) is 0 Å². The fraction of sp³-hybridized carbons (Fsp3) is 0.0435. The molecular weight excluding hydrogens is 446 g/mol. The van der Waals surface area contributed by atoms with Gasteiger partial charge in [0.25, 0.3) is 0 Å². The molecule has 9 heteroatoms. The predicted octanol–water partition coefficient (Wildman–Crippen LogP) is 5.73. The van der Waals surface area contributed by atoms with E-state index in [2.05, 4.69) is 20.6 Å². The predicted molar refractivity (Wildman–Crippen MR) is 126 cm³/mol. The first-order chi connectivity index (χ1) is 15.5. The van der Waals surface area contributed by atoms with Crippen LogP contribution in [0, 0.1) is 6.92 Å². The molecule has 0 atom stereocenters. The molecule has 0 radical (unpaired) electrons. The summed E-state index contributed by atoms with van der Waals surface area (Å²) < 4.78 is 7.44. The van der Waals surface area contributed by atoms with E-state index in [1.807, 2.05) is 55.5 Å². The maximum absolute atomic E-state index is 12.4. The average molecular weight is 462 g/mol. The summed E-state index contributed by atoms with van der Waals surface area (Å²) in [5, 5.41) is 16.6. The third kappa shape index (κ3) is 4.18. The molecule has 0 spiro atoms. The number of halogens is 1. The van der Waals surface area contributed by atoms with Crippen molar-refractivity contribution in [3.63, 3.8) is 0 Å². The molecule has 0 saturated heterocycles. The molecule has 0 fully saturated rings. The number of nitrogens with zero attached hydrogens (tertiary/aromatic N) is 4. The van der Waals surface area contributed by atoms with Gasteiger partial charge in [0.15, 0.2) is 0 Å². The molecule has 0 saturated carbocycles. The van der Waals surface area contributed by atoms with Gasteiger partial charge in [-0.15, -0.1) is 10.2 Å². The van der Waals surface area contributed by atoms with Crippen molar-refractivity contribution in [2.24, 2.45) is 0 Å². The number of anilines is 1. The van der Waals surface area contributed by atoms with E-state index >= 15 is 0 Å². The molecule has 158 valence electrons. The van der Waals surface area contributed by atoms with Crippen LogP contribution in [-0.4, -0.2) is 25.7 Å². The summed E-state index contributed by atoms with van der Waals surface area (Å²) >= 11 is 7.62. The summed E-state index contributed by atoms with van der Waals surface area (Å²) in [6, 6.07) is 16.9. The highest BCUT2D eigenvalue weighted by molar-refractivity contribution is 7.19. The molecule has 1 amide bonds. The number of aryl methyl sites for hydroxylation is 1. The first-order valence-electron chi connectivity index (χ1n) is 9.68. The Balaban J connectivity index is 1.27. The van der Waals surface area contributed by atoms with Crippen molar-refractivity contribution in [1.82, 2.24) is 19.8 Å². The van der Waals surface area contributed by atoms with Crippen LogP contribution in [0.3, 0.4) is 0 Å². The van der Waals surface area contributed by atoms with Gasteiger partial charge in [-0.1, -0.05) is 47.2 Å². The summed E-state index contributed by atoms with van der Waals surface area (Å²) in [5.74, 6) is 0.988. The highest BCUT2D eigenvalue weighted by Gasteiger charge is 2.09. The normalized spacial score (nSPS) is 11.4. The number of benzene rings is 2. The van der Waals surface area contributed by atoms with Crippen LogP contribution in [0.25, 0.3) is 32.9 Å². The van der Waals surface area contributed by atoms with Gasteiger partial charge in [0, 0.05) is 27.9 Å². The van der Waals surface area contributed by atoms with Gasteiger partial charge >= 0.3 is 0 Å². The molecule has 32 heavy (non-hydrogen) atoms. The number of hydrogen-bond acceptors (Lipinski definition) is 6. The highest BCUT2D eigenvalue weighted by Crippen LogP contribution is 2.28. The Labute approximate surface area is 192 Å². The zero-order valence-corrected chi connectivity index (χ0v) is 18.4. The number of furan rings is 1. The van der Waals surface area contributed by atoms with Crippen LogP contribution < -0.4 is 5.32 Å². The Morgan fingerprint density at radius 1 is 1.16 bits per heavy atom. The molecule has 2 aromatic carbocycles. The Morgan fingerprint density at radius 2 is 2.06 bits per heavy atom. The zero-order valence-electron chi connectivity index (χ0n) is 16.8. The first-order valence-corrected chi connectivity index (χ1v) is 10.9. The summed E-state index contributed by atoms with van der Waals surface area (Å²) in [7, 11) is 0. The molecule has 0 bridgehead atoms. The SMILES string of the molecule is Cc1ccc(-c2ccc(/C=C/C(=O)Nc3cccc(-c4nn5cnnc5s4)c3)o2)cc1Cl. The monoisotopic (exact) mass is 461 g/mol. The molecule has 5 rings (SSSR count). The lowest BCUT2D eigenvalue weighted by molar-refractivity contribution is -0.111. The molecule has 1 N–H and O–H groups in total. The van der Waals surface area contributed by atoms with Gasteiger partial charge in [0.05, 0.1) is 0 Å². The summed E-state index contributed by atoms with van der Waals surface area (Å²) in [6.45, 7) is 1.95. The minimum absolute atomic E-state index is 0.267. The van der Waals surface area contributed by atoms with E-state index < -0.39 is 0 Å². The van der Waals surface area contributed by atoms with Gasteiger partial charge in [0.1, 0.15) is 22.9 Å². The fourth-order valence-corrected chi connectivity index (χ4v) is 4.09.